The zero-order valence-corrected chi connectivity index (χ0v) is 12.9. The molecule has 0 atom stereocenters. The first kappa shape index (κ1) is 15.6. The second-order valence-corrected chi connectivity index (χ2v) is 6.37. The van der Waals surface area contributed by atoms with E-state index in [-0.39, 0.29) is 11.5 Å². The van der Waals surface area contributed by atoms with E-state index < -0.39 is 5.97 Å². The summed E-state index contributed by atoms with van der Waals surface area (Å²) in [6.45, 7) is 0.415. The number of carboxylic acids is 1. The molecule has 1 aromatic carbocycles. The highest BCUT2D eigenvalue weighted by Crippen LogP contribution is 2.16. The van der Waals surface area contributed by atoms with E-state index in [1.165, 1.54) is 17.0 Å². The average Bonchev–Trinajstić information content (AvgIpc) is 2.99. The van der Waals surface area contributed by atoms with Gasteiger partial charge in [0.2, 0.25) is 5.91 Å². The molecule has 0 aliphatic carbocycles. The lowest BCUT2D eigenvalue weighted by Crippen LogP contribution is -2.24. The van der Waals surface area contributed by atoms with Gasteiger partial charge in [0, 0.05) is 17.2 Å². The smallest absolute Gasteiger partial charge is 0.335 e. The Bertz CT molecular complexity index is 594. The van der Waals surface area contributed by atoms with Crippen LogP contribution < -0.4 is 5.32 Å². The number of thioether (sulfide) groups is 1. The molecule has 1 aromatic heterocycles. The van der Waals surface area contributed by atoms with Crippen molar-refractivity contribution in [1.82, 2.24) is 5.32 Å². The fourth-order valence-corrected chi connectivity index (χ4v) is 3.35. The third kappa shape index (κ3) is 5.24. The van der Waals surface area contributed by atoms with Crippen molar-refractivity contribution in [2.24, 2.45) is 0 Å². The monoisotopic (exact) mass is 321 g/mol. The second kappa shape index (κ2) is 7.85. The molecule has 0 radical (unpaired) electrons. The van der Waals surface area contributed by atoms with E-state index in [1.54, 1.807) is 35.2 Å². The van der Waals surface area contributed by atoms with Gasteiger partial charge in [-0.05, 0) is 29.1 Å². The molecule has 1 heterocycles. The zero-order chi connectivity index (χ0) is 15.1. The summed E-state index contributed by atoms with van der Waals surface area (Å²) in [4.78, 5) is 23.7. The summed E-state index contributed by atoms with van der Waals surface area (Å²) in [6, 6.07) is 10.6. The summed E-state index contributed by atoms with van der Waals surface area (Å²) in [5, 5.41) is 13.6. The number of hydrogen-bond donors (Lipinski definition) is 2. The summed E-state index contributed by atoms with van der Waals surface area (Å²) < 4.78 is 0. The topological polar surface area (TPSA) is 66.4 Å². The number of carbonyl (C=O) groups is 2. The molecule has 2 rings (SSSR count). The number of carbonyl (C=O) groups excluding carboxylic acids is 1. The summed E-state index contributed by atoms with van der Waals surface area (Å²) in [6.07, 6.45) is 0. The lowest BCUT2D eigenvalue weighted by Gasteiger charge is -2.05. The summed E-state index contributed by atoms with van der Waals surface area (Å²) in [5.41, 5.74) is 1.13. The normalized spacial score (nSPS) is 10.3. The molecule has 6 heteroatoms. The van der Waals surface area contributed by atoms with Gasteiger partial charge in [-0.3, -0.25) is 4.79 Å². The van der Waals surface area contributed by atoms with E-state index in [1.807, 2.05) is 11.4 Å². The van der Waals surface area contributed by atoms with Crippen LogP contribution in [0.5, 0.6) is 0 Å². The first-order valence-corrected chi connectivity index (χ1v) is 8.37. The molecule has 0 saturated heterocycles. The third-order valence-electron chi connectivity index (χ3n) is 2.75. The van der Waals surface area contributed by atoms with Gasteiger partial charge in [0.15, 0.2) is 0 Å². The van der Waals surface area contributed by atoms with Crippen LogP contribution in [0, 0.1) is 0 Å². The van der Waals surface area contributed by atoms with E-state index >= 15 is 0 Å². The van der Waals surface area contributed by atoms with Crippen molar-refractivity contribution < 1.29 is 14.7 Å². The van der Waals surface area contributed by atoms with Crippen molar-refractivity contribution in [3.63, 3.8) is 0 Å². The van der Waals surface area contributed by atoms with E-state index in [2.05, 4.69) is 11.4 Å². The fraction of sp³-hybridized carbons (Fsp3) is 0.200. The molecule has 4 nitrogen and oxygen atoms in total. The number of hydrogen-bond acceptors (Lipinski definition) is 4. The molecule has 21 heavy (non-hydrogen) atoms. The first-order chi connectivity index (χ1) is 10.1. The number of thiophene rings is 1. The maximum Gasteiger partial charge on any atom is 0.335 e. The minimum Gasteiger partial charge on any atom is -0.478 e. The standard InChI is InChI=1S/C15H15NO3S2/c17-14(10-20-9-13-2-1-7-21-13)16-8-11-3-5-12(6-4-11)15(18)19/h1-7H,8-10H2,(H,16,17)(H,18,19). The minimum atomic E-state index is -0.949. The largest absolute Gasteiger partial charge is 0.478 e. The van der Waals surface area contributed by atoms with E-state index in [9.17, 15) is 9.59 Å². The Morgan fingerprint density at radius 1 is 1.19 bits per heavy atom. The van der Waals surface area contributed by atoms with Crippen molar-refractivity contribution in [2.75, 3.05) is 5.75 Å². The molecule has 0 saturated carbocycles. The molecule has 110 valence electrons. The van der Waals surface area contributed by atoms with Gasteiger partial charge in [-0.2, -0.15) is 0 Å². The average molecular weight is 321 g/mol. The SMILES string of the molecule is O=C(CSCc1cccs1)NCc1ccc(C(=O)O)cc1. The molecule has 1 amide bonds. The Labute approximate surface area is 131 Å². The second-order valence-electron chi connectivity index (χ2n) is 4.35. The number of carboxylic acid groups (broad SMARTS) is 1. The number of rotatable bonds is 7. The van der Waals surface area contributed by atoms with Crippen LogP contribution in [0.25, 0.3) is 0 Å². The third-order valence-corrected chi connectivity index (χ3v) is 4.79. The maximum atomic E-state index is 11.7. The Hall–Kier alpha value is -1.79. The molecule has 2 N–H and O–H groups in total. The predicted octanol–water partition coefficient (Wildman–Crippen LogP) is 3.00. The van der Waals surface area contributed by atoms with Crippen LogP contribution in [0.1, 0.15) is 20.8 Å². The Balaban J connectivity index is 1.69. The molecule has 0 aliphatic rings. The predicted molar refractivity (Wildman–Crippen MR) is 85.7 cm³/mol. The van der Waals surface area contributed by atoms with Crippen molar-refractivity contribution in [1.29, 1.82) is 0 Å². The number of aromatic carboxylic acids is 1. The number of amides is 1. The quantitative estimate of drug-likeness (QED) is 0.823. The highest BCUT2D eigenvalue weighted by molar-refractivity contribution is 7.99. The highest BCUT2D eigenvalue weighted by atomic mass is 32.2. The maximum absolute atomic E-state index is 11.7. The van der Waals surface area contributed by atoms with Gasteiger partial charge in [-0.25, -0.2) is 4.79 Å². The Morgan fingerprint density at radius 2 is 1.95 bits per heavy atom. The molecule has 0 spiro atoms. The van der Waals surface area contributed by atoms with Gasteiger partial charge in [0.1, 0.15) is 0 Å². The lowest BCUT2D eigenvalue weighted by molar-refractivity contribution is -0.118. The van der Waals surface area contributed by atoms with Crippen LogP contribution in [-0.4, -0.2) is 22.7 Å². The molecular weight excluding hydrogens is 306 g/mol. The van der Waals surface area contributed by atoms with E-state index in [0.717, 1.165) is 11.3 Å². The number of nitrogens with one attached hydrogen (secondary N) is 1. The van der Waals surface area contributed by atoms with Crippen LogP contribution in [0.2, 0.25) is 0 Å². The van der Waals surface area contributed by atoms with Crippen molar-refractivity contribution in [3.05, 3.63) is 57.8 Å². The van der Waals surface area contributed by atoms with Crippen molar-refractivity contribution in [2.45, 2.75) is 12.3 Å². The molecule has 0 fully saturated rings. The number of benzene rings is 1. The fourth-order valence-electron chi connectivity index (χ4n) is 1.66. The van der Waals surface area contributed by atoms with Gasteiger partial charge in [-0.15, -0.1) is 23.1 Å². The molecule has 0 aliphatic heterocycles. The zero-order valence-electron chi connectivity index (χ0n) is 11.2. The summed E-state index contributed by atoms with van der Waals surface area (Å²) in [7, 11) is 0. The highest BCUT2D eigenvalue weighted by Gasteiger charge is 2.04. The molecule has 2 aromatic rings. The molecule has 0 unspecified atom stereocenters. The van der Waals surface area contributed by atoms with Crippen LogP contribution in [0.4, 0.5) is 0 Å². The van der Waals surface area contributed by atoms with Crippen molar-refractivity contribution >= 4 is 35.0 Å². The molecule has 0 bridgehead atoms. The Morgan fingerprint density at radius 3 is 2.57 bits per heavy atom. The van der Waals surface area contributed by atoms with Crippen LogP contribution in [-0.2, 0) is 17.1 Å². The van der Waals surface area contributed by atoms with Gasteiger partial charge < -0.3 is 10.4 Å². The van der Waals surface area contributed by atoms with Crippen LogP contribution in [0.3, 0.4) is 0 Å². The summed E-state index contributed by atoms with van der Waals surface area (Å²) >= 11 is 3.27. The minimum absolute atomic E-state index is 0.0149. The van der Waals surface area contributed by atoms with E-state index in [0.29, 0.717) is 12.3 Å². The summed E-state index contributed by atoms with van der Waals surface area (Å²) in [5.74, 6) is 0.304. The van der Waals surface area contributed by atoms with Crippen LogP contribution in [0.15, 0.2) is 41.8 Å². The van der Waals surface area contributed by atoms with Gasteiger partial charge in [0.05, 0.1) is 11.3 Å². The van der Waals surface area contributed by atoms with Crippen LogP contribution >= 0.6 is 23.1 Å². The van der Waals surface area contributed by atoms with Gasteiger partial charge in [-0.1, -0.05) is 18.2 Å². The Kier molecular flexibility index (Phi) is 5.83. The first-order valence-electron chi connectivity index (χ1n) is 6.34. The van der Waals surface area contributed by atoms with Crippen molar-refractivity contribution in [3.8, 4) is 0 Å². The lowest BCUT2D eigenvalue weighted by atomic mass is 10.1. The molecular formula is C15H15NO3S2. The van der Waals surface area contributed by atoms with E-state index in [4.69, 9.17) is 5.11 Å². The van der Waals surface area contributed by atoms with Gasteiger partial charge >= 0.3 is 5.97 Å². The van der Waals surface area contributed by atoms with Gasteiger partial charge in [0.25, 0.3) is 0 Å².